The van der Waals surface area contributed by atoms with Gasteiger partial charge >= 0.3 is 5.97 Å². The number of aliphatic imine (C=N–C) groups is 1. The zero-order valence-electron chi connectivity index (χ0n) is 16.1. The second-order valence-corrected chi connectivity index (χ2v) is 7.63. The molecule has 0 amide bonds. The summed E-state index contributed by atoms with van der Waals surface area (Å²) in [5, 5.41) is 0.785. The van der Waals surface area contributed by atoms with Crippen LogP contribution in [-0.4, -0.2) is 11.9 Å². The largest absolute Gasteiger partial charge is 0.489 e. The SMILES string of the molecule is Cc1ccc(COc2cccc(/C=C3\N=C(c4ccc(Cl)c(Cl)c4)OC3=O)c2)cc1. The van der Waals surface area contributed by atoms with Crippen LogP contribution in [0.4, 0.5) is 0 Å². The normalized spacial score (nSPS) is 14.6. The molecule has 3 aromatic rings. The lowest BCUT2D eigenvalue weighted by molar-refractivity contribution is -0.129. The maximum absolute atomic E-state index is 12.2. The van der Waals surface area contributed by atoms with Gasteiger partial charge in [0.2, 0.25) is 5.90 Å². The highest BCUT2D eigenvalue weighted by atomic mass is 35.5. The van der Waals surface area contributed by atoms with Gasteiger partial charge in [-0.25, -0.2) is 9.79 Å². The number of carbonyl (C=O) groups excluding carboxylic acids is 1. The Hall–Kier alpha value is -3.08. The summed E-state index contributed by atoms with van der Waals surface area (Å²) in [6.07, 6.45) is 1.66. The van der Waals surface area contributed by atoms with Crippen LogP contribution in [0.25, 0.3) is 6.08 Å². The third kappa shape index (κ3) is 4.73. The van der Waals surface area contributed by atoms with Crippen LogP contribution in [0, 0.1) is 6.92 Å². The van der Waals surface area contributed by atoms with Crippen LogP contribution in [0.15, 0.2) is 77.4 Å². The van der Waals surface area contributed by atoms with E-state index in [1.54, 1.807) is 24.3 Å². The maximum Gasteiger partial charge on any atom is 0.363 e. The molecule has 6 heteroatoms. The Morgan fingerprint density at radius 3 is 2.57 bits per heavy atom. The summed E-state index contributed by atoms with van der Waals surface area (Å²) < 4.78 is 11.2. The van der Waals surface area contributed by atoms with E-state index in [1.165, 1.54) is 5.56 Å². The minimum Gasteiger partial charge on any atom is -0.489 e. The maximum atomic E-state index is 12.2. The summed E-state index contributed by atoms with van der Waals surface area (Å²) in [5.74, 6) is 0.364. The van der Waals surface area contributed by atoms with Gasteiger partial charge in [-0.15, -0.1) is 0 Å². The van der Waals surface area contributed by atoms with E-state index in [1.807, 2.05) is 43.3 Å². The zero-order valence-corrected chi connectivity index (χ0v) is 17.6. The quantitative estimate of drug-likeness (QED) is 0.351. The Kier molecular flexibility index (Phi) is 5.88. The molecule has 0 unspecified atom stereocenters. The topological polar surface area (TPSA) is 47.9 Å². The second kappa shape index (κ2) is 8.74. The first-order valence-corrected chi connectivity index (χ1v) is 10.00. The van der Waals surface area contributed by atoms with Crippen molar-refractivity contribution in [2.24, 2.45) is 4.99 Å². The van der Waals surface area contributed by atoms with Crippen molar-refractivity contribution in [3.05, 3.63) is 105 Å². The Morgan fingerprint density at radius 1 is 1.00 bits per heavy atom. The van der Waals surface area contributed by atoms with Gasteiger partial charge in [0.05, 0.1) is 10.0 Å². The van der Waals surface area contributed by atoms with Gasteiger partial charge in [0.1, 0.15) is 12.4 Å². The summed E-state index contributed by atoms with van der Waals surface area (Å²) in [6, 6.07) is 20.6. The van der Waals surface area contributed by atoms with Crippen molar-refractivity contribution in [3.8, 4) is 5.75 Å². The fraction of sp³-hybridized carbons (Fsp3) is 0.0833. The lowest BCUT2D eigenvalue weighted by Crippen LogP contribution is -2.05. The lowest BCUT2D eigenvalue weighted by Gasteiger charge is -2.07. The molecule has 0 spiro atoms. The Morgan fingerprint density at radius 2 is 1.80 bits per heavy atom. The molecule has 0 saturated heterocycles. The van der Waals surface area contributed by atoms with Crippen LogP contribution in [0.3, 0.4) is 0 Å². The average molecular weight is 438 g/mol. The first kappa shape index (κ1) is 20.2. The molecule has 0 aliphatic carbocycles. The molecule has 4 rings (SSSR count). The summed E-state index contributed by atoms with van der Waals surface area (Å²) in [6.45, 7) is 2.51. The van der Waals surface area contributed by atoms with Crippen LogP contribution in [0.5, 0.6) is 5.75 Å². The number of hydrogen-bond donors (Lipinski definition) is 0. The fourth-order valence-corrected chi connectivity index (χ4v) is 3.16. The standard InChI is InChI=1S/C24H17Cl2NO3/c1-15-5-7-16(8-6-15)14-29-19-4-2-3-17(11-19)12-22-24(28)30-23(27-22)18-9-10-20(25)21(26)13-18/h2-13H,14H2,1H3/b22-12-. The number of halogens is 2. The van der Waals surface area contributed by atoms with E-state index in [0.29, 0.717) is 28.0 Å². The number of hydrogen-bond acceptors (Lipinski definition) is 4. The molecule has 1 heterocycles. The molecule has 3 aromatic carbocycles. The monoisotopic (exact) mass is 437 g/mol. The molecule has 1 aliphatic heterocycles. The van der Waals surface area contributed by atoms with Crippen molar-refractivity contribution >= 4 is 41.1 Å². The molecule has 1 aliphatic rings. The molecular formula is C24H17Cl2NO3. The number of nitrogens with zero attached hydrogens (tertiary/aromatic N) is 1. The fourth-order valence-electron chi connectivity index (χ4n) is 2.86. The summed E-state index contributed by atoms with van der Waals surface area (Å²) >= 11 is 12.0. The molecule has 150 valence electrons. The van der Waals surface area contributed by atoms with E-state index >= 15 is 0 Å². The number of cyclic esters (lactones) is 1. The van der Waals surface area contributed by atoms with Crippen molar-refractivity contribution in [1.82, 2.24) is 0 Å². The van der Waals surface area contributed by atoms with E-state index in [9.17, 15) is 4.79 Å². The molecule has 0 atom stereocenters. The lowest BCUT2D eigenvalue weighted by atomic mass is 10.1. The van der Waals surface area contributed by atoms with E-state index in [4.69, 9.17) is 32.7 Å². The zero-order chi connectivity index (χ0) is 21.1. The van der Waals surface area contributed by atoms with Crippen LogP contribution < -0.4 is 4.74 Å². The van der Waals surface area contributed by atoms with Crippen molar-refractivity contribution in [3.63, 3.8) is 0 Å². The molecule has 0 fully saturated rings. The Bertz CT molecular complexity index is 1170. The van der Waals surface area contributed by atoms with Crippen LogP contribution >= 0.6 is 23.2 Å². The predicted molar refractivity (Wildman–Crippen MR) is 119 cm³/mol. The van der Waals surface area contributed by atoms with Gasteiger partial charge in [0.25, 0.3) is 0 Å². The van der Waals surface area contributed by atoms with Gasteiger partial charge in [0, 0.05) is 5.56 Å². The predicted octanol–water partition coefficient (Wildman–Crippen LogP) is 6.23. The minimum absolute atomic E-state index is 0.191. The van der Waals surface area contributed by atoms with Crippen molar-refractivity contribution < 1.29 is 14.3 Å². The van der Waals surface area contributed by atoms with Crippen molar-refractivity contribution in [2.45, 2.75) is 13.5 Å². The van der Waals surface area contributed by atoms with Crippen molar-refractivity contribution in [2.75, 3.05) is 0 Å². The van der Waals surface area contributed by atoms with Crippen LogP contribution in [-0.2, 0) is 16.1 Å². The van der Waals surface area contributed by atoms with E-state index < -0.39 is 5.97 Å². The molecule has 30 heavy (non-hydrogen) atoms. The smallest absolute Gasteiger partial charge is 0.363 e. The van der Waals surface area contributed by atoms with Crippen LogP contribution in [0.1, 0.15) is 22.3 Å². The number of rotatable bonds is 5. The van der Waals surface area contributed by atoms with E-state index in [0.717, 1.165) is 11.1 Å². The number of benzene rings is 3. The molecule has 4 nitrogen and oxygen atoms in total. The van der Waals surface area contributed by atoms with Gasteiger partial charge in [-0.2, -0.15) is 0 Å². The molecule has 0 radical (unpaired) electrons. The summed E-state index contributed by atoms with van der Waals surface area (Å²) in [5.41, 5.74) is 3.85. The molecule has 0 saturated carbocycles. The summed E-state index contributed by atoms with van der Waals surface area (Å²) in [4.78, 5) is 16.5. The average Bonchev–Trinajstić information content (AvgIpc) is 3.10. The van der Waals surface area contributed by atoms with E-state index in [-0.39, 0.29) is 11.6 Å². The van der Waals surface area contributed by atoms with Gasteiger partial charge in [-0.1, -0.05) is 65.2 Å². The number of aryl methyl sites for hydroxylation is 1. The Balaban J connectivity index is 1.51. The van der Waals surface area contributed by atoms with Crippen LogP contribution in [0.2, 0.25) is 10.0 Å². The van der Waals surface area contributed by atoms with Gasteiger partial charge in [0.15, 0.2) is 5.70 Å². The molecular weight excluding hydrogens is 421 g/mol. The molecule has 0 N–H and O–H groups in total. The highest BCUT2D eigenvalue weighted by Crippen LogP contribution is 2.26. The number of ether oxygens (including phenoxy) is 2. The number of carbonyl (C=O) groups is 1. The highest BCUT2D eigenvalue weighted by molar-refractivity contribution is 6.42. The third-order valence-corrected chi connectivity index (χ3v) is 5.21. The first-order chi connectivity index (χ1) is 14.5. The minimum atomic E-state index is -0.526. The van der Waals surface area contributed by atoms with Gasteiger partial charge in [-0.3, -0.25) is 0 Å². The van der Waals surface area contributed by atoms with Gasteiger partial charge in [-0.05, 0) is 54.5 Å². The third-order valence-electron chi connectivity index (χ3n) is 4.47. The van der Waals surface area contributed by atoms with Gasteiger partial charge < -0.3 is 9.47 Å². The highest BCUT2D eigenvalue weighted by Gasteiger charge is 2.24. The molecule has 0 bridgehead atoms. The Labute approximate surface area is 184 Å². The first-order valence-electron chi connectivity index (χ1n) is 9.24. The number of esters is 1. The van der Waals surface area contributed by atoms with Crippen molar-refractivity contribution in [1.29, 1.82) is 0 Å². The second-order valence-electron chi connectivity index (χ2n) is 6.81. The van der Waals surface area contributed by atoms with E-state index in [2.05, 4.69) is 17.1 Å². The molecule has 0 aromatic heterocycles. The summed E-state index contributed by atoms with van der Waals surface area (Å²) in [7, 11) is 0.